The Morgan fingerprint density at radius 2 is 1.54 bits per heavy atom. The predicted octanol–water partition coefficient (Wildman–Crippen LogP) is 2.27. The molecule has 0 spiro atoms. The molecule has 0 aromatic rings. The van der Waals surface area contributed by atoms with E-state index in [1.165, 1.54) is 31.8 Å². The van der Waals surface area contributed by atoms with Gasteiger partial charge in [-0.05, 0) is 6.42 Å². The summed E-state index contributed by atoms with van der Waals surface area (Å²) in [6.45, 7) is 2.27. The van der Waals surface area contributed by atoms with Gasteiger partial charge in [-0.15, -0.1) is 11.6 Å². The molecular weight excluding hydrogens is 336 g/mol. The fourth-order valence-corrected chi connectivity index (χ4v) is 1.92. The van der Waals surface area contributed by atoms with Crippen LogP contribution in [0, 0.1) is 0 Å². The summed E-state index contributed by atoms with van der Waals surface area (Å²) in [7, 11) is 2.93. The molecule has 140 valence electrons. The van der Waals surface area contributed by atoms with E-state index in [0.717, 1.165) is 24.2 Å². The fourth-order valence-electron chi connectivity index (χ4n) is 1.84. The van der Waals surface area contributed by atoms with Gasteiger partial charge in [-0.2, -0.15) is 0 Å². The van der Waals surface area contributed by atoms with Crippen molar-refractivity contribution in [2.75, 3.05) is 46.3 Å². The van der Waals surface area contributed by atoms with Gasteiger partial charge in [0.2, 0.25) is 5.91 Å². The number of nitrogens with zero attached hydrogens (tertiary/aromatic N) is 2. The van der Waals surface area contributed by atoms with Crippen LogP contribution in [0.15, 0.2) is 0 Å². The van der Waals surface area contributed by atoms with Crippen molar-refractivity contribution in [2.45, 2.75) is 39.0 Å². The van der Waals surface area contributed by atoms with Crippen molar-refractivity contribution in [3.05, 3.63) is 0 Å². The van der Waals surface area contributed by atoms with E-state index >= 15 is 0 Å². The number of amides is 2. The van der Waals surface area contributed by atoms with Crippen LogP contribution in [0.1, 0.15) is 39.0 Å². The van der Waals surface area contributed by atoms with E-state index in [-0.39, 0.29) is 31.5 Å². The molecular formula is C16H29ClN2O5. The molecule has 0 aliphatic rings. The highest BCUT2D eigenvalue weighted by atomic mass is 35.5. The van der Waals surface area contributed by atoms with Gasteiger partial charge in [-0.25, -0.2) is 4.79 Å². The Labute approximate surface area is 149 Å². The lowest BCUT2D eigenvalue weighted by Crippen LogP contribution is -2.41. The number of hydrogen-bond donors (Lipinski definition) is 0. The van der Waals surface area contributed by atoms with E-state index < -0.39 is 12.1 Å². The maximum Gasteiger partial charge on any atom is 0.410 e. The fraction of sp³-hybridized carbons (Fsp3) is 0.812. The van der Waals surface area contributed by atoms with Crippen LogP contribution in [0.25, 0.3) is 0 Å². The maximum absolute atomic E-state index is 12.0. The first-order chi connectivity index (χ1) is 11.4. The van der Waals surface area contributed by atoms with Crippen molar-refractivity contribution >= 4 is 29.6 Å². The Balaban J connectivity index is 3.95. The third kappa shape index (κ3) is 11.1. The van der Waals surface area contributed by atoms with Gasteiger partial charge in [0, 0.05) is 14.1 Å². The van der Waals surface area contributed by atoms with Crippen molar-refractivity contribution in [3.8, 4) is 0 Å². The van der Waals surface area contributed by atoms with Gasteiger partial charge in [0.15, 0.2) is 0 Å². The number of unbranched alkanes of at least 4 members (excludes halogenated alkanes) is 4. The number of rotatable bonds is 12. The molecule has 0 N–H and O–H groups in total. The minimum Gasteiger partial charge on any atom is -0.464 e. The standard InChI is InChI=1S/C16H29ClN2O5/c1-4-5-6-7-8-10-23-15(21)13-18(2)14(20)12-19(3)16(22)24-11-9-17/h4-13H2,1-3H3. The van der Waals surface area contributed by atoms with E-state index in [2.05, 4.69) is 6.92 Å². The van der Waals surface area contributed by atoms with E-state index in [4.69, 9.17) is 21.1 Å². The molecule has 0 rings (SSSR count). The number of likely N-dealkylation sites (N-methyl/N-ethyl adjacent to an activating group) is 2. The smallest absolute Gasteiger partial charge is 0.410 e. The van der Waals surface area contributed by atoms with Crippen LogP contribution >= 0.6 is 11.6 Å². The Morgan fingerprint density at radius 3 is 2.17 bits per heavy atom. The van der Waals surface area contributed by atoms with Crippen LogP contribution in [0.3, 0.4) is 0 Å². The van der Waals surface area contributed by atoms with Crippen LogP contribution in [0.2, 0.25) is 0 Å². The summed E-state index contributed by atoms with van der Waals surface area (Å²) >= 11 is 5.42. The lowest BCUT2D eigenvalue weighted by Gasteiger charge is -2.21. The zero-order chi connectivity index (χ0) is 18.4. The third-order valence-corrected chi connectivity index (χ3v) is 3.44. The summed E-state index contributed by atoms with van der Waals surface area (Å²) < 4.78 is 9.90. The van der Waals surface area contributed by atoms with Crippen molar-refractivity contribution in [3.63, 3.8) is 0 Å². The summed E-state index contributed by atoms with van der Waals surface area (Å²) in [5.41, 5.74) is 0. The molecule has 0 heterocycles. The average molecular weight is 365 g/mol. The van der Waals surface area contributed by atoms with Crippen molar-refractivity contribution in [2.24, 2.45) is 0 Å². The first-order valence-corrected chi connectivity index (χ1v) is 8.79. The number of alkyl halides is 1. The Morgan fingerprint density at radius 1 is 0.875 bits per heavy atom. The lowest BCUT2D eigenvalue weighted by atomic mass is 10.2. The third-order valence-electron chi connectivity index (χ3n) is 3.29. The highest BCUT2D eigenvalue weighted by Crippen LogP contribution is 2.02. The molecule has 0 saturated heterocycles. The molecule has 0 radical (unpaired) electrons. The quantitative estimate of drug-likeness (QED) is 0.301. The lowest BCUT2D eigenvalue weighted by molar-refractivity contribution is -0.148. The molecule has 0 unspecified atom stereocenters. The molecule has 0 aliphatic carbocycles. The molecule has 24 heavy (non-hydrogen) atoms. The van der Waals surface area contributed by atoms with Gasteiger partial charge in [0.1, 0.15) is 19.7 Å². The number of carbonyl (C=O) groups excluding carboxylic acids is 3. The molecule has 0 bridgehead atoms. The van der Waals surface area contributed by atoms with Crippen LogP contribution in [-0.2, 0) is 19.1 Å². The number of halogens is 1. The number of hydrogen-bond acceptors (Lipinski definition) is 5. The van der Waals surface area contributed by atoms with Crippen LogP contribution in [0.5, 0.6) is 0 Å². The normalized spacial score (nSPS) is 10.2. The highest BCUT2D eigenvalue weighted by molar-refractivity contribution is 6.18. The van der Waals surface area contributed by atoms with Gasteiger partial charge < -0.3 is 19.3 Å². The maximum atomic E-state index is 12.0. The first kappa shape index (κ1) is 22.5. The van der Waals surface area contributed by atoms with E-state index in [1.807, 2.05) is 0 Å². The summed E-state index contributed by atoms with van der Waals surface area (Å²) in [5.74, 6) is -0.633. The zero-order valence-electron chi connectivity index (χ0n) is 14.9. The van der Waals surface area contributed by atoms with Crippen molar-refractivity contribution < 1.29 is 23.9 Å². The van der Waals surface area contributed by atoms with E-state index in [0.29, 0.717) is 6.61 Å². The largest absolute Gasteiger partial charge is 0.464 e. The summed E-state index contributed by atoms with van der Waals surface area (Å²) in [5, 5.41) is 0. The molecule has 0 saturated carbocycles. The topological polar surface area (TPSA) is 76.2 Å². The second-order valence-electron chi connectivity index (χ2n) is 5.54. The molecule has 0 aromatic heterocycles. The second kappa shape index (κ2) is 13.9. The molecule has 0 aliphatic heterocycles. The van der Waals surface area contributed by atoms with Gasteiger partial charge in [-0.1, -0.05) is 32.6 Å². The van der Waals surface area contributed by atoms with Crippen LogP contribution < -0.4 is 0 Å². The minimum atomic E-state index is -0.632. The minimum absolute atomic E-state index is 0.0827. The summed E-state index contributed by atoms with van der Waals surface area (Å²) in [6.07, 6.45) is 4.72. The van der Waals surface area contributed by atoms with Gasteiger partial charge >= 0.3 is 12.1 Å². The molecule has 8 heteroatoms. The van der Waals surface area contributed by atoms with Gasteiger partial charge in [0.25, 0.3) is 0 Å². The first-order valence-electron chi connectivity index (χ1n) is 8.25. The number of ether oxygens (including phenoxy) is 2. The molecule has 0 atom stereocenters. The monoisotopic (exact) mass is 364 g/mol. The summed E-state index contributed by atoms with van der Waals surface area (Å²) in [4.78, 5) is 37.5. The van der Waals surface area contributed by atoms with Crippen molar-refractivity contribution in [1.29, 1.82) is 0 Å². The second-order valence-corrected chi connectivity index (χ2v) is 5.92. The number of esters is 1. The Hall–Kier alpha value is -1.50. The highest BCUT2D eigenvalue weighted by Gasteiger charge is 2.19. The zero-order valence-corrected chi connectivity index (χ0v) is 15.6. The van der Waals surface area contributed by atoms with Crippen LogP contribution in [0.4, 0.5) is 4.79 Å². The summed E-state index contributed by atoms with van der Waals surface area (Å²) in [6, 6.07) is 0. The van der Waals surface area contributed by atoms with Crippen molar-refractivity contribution in [1.82, 2.24) is 9.80 Å². The van der Waals surface area contributed by atoms with Gasteiger partial charge in [-0.3, -0.25) is 9.59 Å². The van der Waals surface area contributed by atoms with Crippen LogP contribution in [-0.4, -0.2) is 74.0 Å². The number of carbonyl (C=O) groups is 3. The predicted molar refractivity (Wildman–Crippen MR) is 92.1 cm³/mol. The SMILES string of the molecule is CCCCCCCOC(=O)CN(C)C(=O)CN(C)C(=O)OCCCl. The molecule has 7 nitrogen and oxygen atoms in total. The molecule has 0 fully saturated rings. The van der Waals surface area contributed by atoms with Gasteiger partial charge in [0.05, 0.1) is 12.5 Å². The Kier molecular flexibility index (Phi) is 13.0. The average Bonchev–Trinajstić information content (AvgIpc) is 2.55. The molecule has 0 aromatic carbocycles. The van der Waals surface area contributed by atoms with E-state index in [1.54, 1.807) is 0 Å². The van der Waals surface area contributed by atoms with E-state index in [9.17, 15) is 14.4 Å². The Bertz CT molecular complexity index is 393. The molecule has 2 amide bonds.